The van der Waals surface area contributed by atoms with Gasteiger partial charge in [-0.1, -0.05) is 24.0 Å². The monoisotopic (exact) mass is 328 g/mol. The molecule has 25 heavy (non-hydrogen) atoms. The minimum atomic E-state index is -0.964. The number of carbonyl (C=O) groups is 1. The van der Waals surface area contributed by atoms with Crippen molar-refractivity contribution in [3.8, 4) is 17.5 Å². The molecule has 0 atom stereocenters. The number of fused-ring (bicyclic) bond motifs is 1. The summed E-state index contributed by atoms with van der Waals surface area (Å²) in [5.41, 5.74) is 4.87. The van der Waals surface area contributed by atoms with Crippen LogP contribution in [0.15, 0.2) is 60.9 Å². The van der Waals surface area contributed by atoms with E-state index in [2.05, 4.69) is 23.2 Å². The van der Waals surface area contributed by atoms with E-state index in [1.807, 2.05) is 42.7 Å². The summed E-state index contributed by atoms with van der Waals surface area (Å²) in [5, 5.41) is 12.9. The smallest absolute Gasteiger partial charge is 0.337 e. The molecular weight excluding hydrogens is 312 g/mol. The number of hydrogen-bond donors (Lipinski definition) is 2. The first kappa shape index (κ1) is 15.1. The largest absolute Gasteiger partial charge is 0.478 e. The van der Waals surface area contributed by atoms with Crippen LogP contribution in [-0.4, -0.2) is 22.2 Å². The Morgan fingerprint density at radius 3 is 2.72 bits per heavy atom. The number of aromatic carboxylic acids is 1. The first-order valence-electron chi connectivity index (χ1n) is 8.11. The second kappa shape index (κ2) is 6.21. The Hall–Kier alpha value is -3.45. The molecule has 0 radical (unpaired) electrons. The molecule has 0 amide bonds. The lowest BCUT2D eigenvalue weighted by Gasteiger charge is -2.10. The summed E-state index contributed by atoms with van der Waals surface area (Å²) >= 11 is 0. The second-order valence-corrected chi connectivity index (χ2v) is 5.90. The normalized spacial score (nSPS) is 12.0. The molecule has 4 nitrogen and oxygen atoms in total. The highest BCUT2D eigenvalue weighted by Crippen LogP contribution is 2.23. The fourth-order valence-corrected chi connectivity index (χ4v) is 3.09. The van der Waals surface area contributed by atoms with Gasteiger partial charge in [0, 0.05) is 35.8 Å². The Kier molecular flexibility index (Phi) is 3.75. The third-order valence-corrected chi connectivity index (χ3v) is 4.29. The van der Waals surface area contributed by atoms with Gasteiger partial charge in [-0.2, -0.15) is 0 Å². The number of rotatable bonds is 2. The third kappa shape index (κ3) is 2.88. The fourth-order valence-electron chi connectivity index (χ4n) is 3.09. The van der Waals surface area contributed by atoms with Gasteiger partial charge in [0.05, 0.1) is 11.3 Å². The van der Waals surface area contributed by atoms with Gasteiger partial charge in [0.25, 0.3) is 0 Å². The van der Waals surface area contributed by atoms with Crippen LogP contribution in [-0.2, 0) is 6.42 Å². The summed E-state index contributed by atoms with van der Waals surface area (Å²) < 4.78 is 1.79. The molecule has 2 heterocycles. The molecule has 122 valence electrons. The number of nitrogens with one attached hydrogen (secondary N) is 1. The average molecular weight is 328 g/mol. The fraction of sp³-hybridized carbons (Fsp3) is 0.0952. The van der Waals surface area contributed by atoms with Crippen LogP contribution in [0.4, 0.5) is 5.69 Å². The van der Waals surface area contributed by atoms with Crippen molar-refractivity contribution in [2.24, 2.45) is 0 Å². The predicted octanol–water partition coefficient (Wildman–Crippen LogP) is 3.54. The van der Waals surface area contributed by atoms with Gasteiger partial charge in [0.15, 0.2) is 0 Å². The standard InChI is InChI=1S/C21H16N2O2/c24-21(25)18-5-3-4-17(20(18)23-12-1-2-13-23)9-7-15-6-8-16-10-11-22-19(16)14-15/h1-6,8,12-14,22H,10-11H2,(H,24,25). The van der Waals surface area contributed by atoms with Crippen molar-refractivity contribution in [3.63, 3.8) is 0 Å². The van der Waals surface area contributed by atoms with E-state index >= 15 is 0 Å². The molecule has 0 bridgehead atoms. The Balaban J connectivity index is 1.79. The van der Waals surface area contributed by atoms with Crippen molar-refractivity contribution in [2.75, 3.05) is 11.9 Å². The number of carboxylic acid groups (broad SMARTS) is 1. The first-order valence-corrected chi connectivity index (χ1v) is 8.11. The number of para-hydroxylation sites is 1. The molecule has 2 N–H and O–H groups in total. The maximum atomic E-state index is 11.6. The van der Waals surface area contributed by atoms with Crippen molar-refractivity contribution in [3.05, 3.63) is 83.2 Å². The zero-order valence-electron chi connectivity index (χ0n) is 13.5. The van der Waals surface area contributed by atoms with Crippen LogP contribution in [0.1, 0.15) is 27.0 Å². The molecule has 0 saturated heterocycles. The summed E-state index contributed by atoms with van der Waals surface area (Å²) in [6, 6.07) is 15.1. The zero-order chi connectivity index (χ0) is 17.2. The lowest BCUT2D eigenvalue weighted by molar-refractivity contribution is 0.0697. The van der Waals surface area contributed by atoms with E-state index in [9.17, 15) is 9.90 Å². The molecular formula is C21H16N2O2. The number of nitrogens with zero attached hydrogens (tertiary/aromatic N) is 1. The van der Waals surface area contributed by atoms with Crippen molar-refractivity contribution >= 4 is 11.7 Å². The SMILES string of the molecule is O=C(O)c1cccc(C#Cc2ccc3c(c2)NCC3)c1-n1cccc1. The maximum absolute atomic E-state index is 11.6. The molecule has 4 rings (SSSR count). The van der Waals surface area contributed by atoms with Crippen LogP contribution in [0.5, 0.6) is 0 Å². The predicted molar refractivity (Wildman–Crippen MR) is 97.3 cm³/mol. The van der Waals surface area contributed by atoms with E-state index in [4.69, 9.17) is 0 Å². The van der Waals surface area contributed by atoms with Crippen molar-refractivity contribution < 1.29 is 9.90 Å². The summed E-state index contributed by atoms with van der Waals surface area (Å²) in [6.45, 7) is 0.963. The van der Waals surface area contributed by atoms with E-state index in [-0.39, 0.29) is 5.56 Å². The van der Waals surface area contributed by atoms with Gasteiger partial charge >= 0.3 is 5.97 Å². The number of hydrogen-bond acceptors (Lipinski definition) is 2. The van der Waals surface area contributed by atoms with Crippen LogP contribution in [0.3, 0.4) is 0 Å². The molecule has 0 aliphatic carbocycles. The quantitative estimate of drug-likeness (QED) is 0.708. The van der Waals surface area contributed by atoms with Gasteiger partial charge < -0.3 is 15.0 Å². The minimum absolute atomic E-state index is 0.235. The lowest BCUT2D eigenvalue weighted by Crippen LogP contribution is -2.06. The number of benzene rings is 2. The van der Waals surface area contributed by atoms with Gasteiger partial charge in [-0.25, -0.2) is 4.79 Å². The number of carboxylic acids is 1. The Labute approximate surface area is 145 Å². The summed E-state index contributed by atoms with van der Waals surface area (Å²) in [7, 11) is 0. The summed E-state index contributed by atoms with van der Waals surface area (Å²) in [5.74, 6) is 5.34. The molecule has 0 fully saturated rings. The number of anilines is 1. The highest BCUT2D eigenvalue weighted by molar-refractivity contribution is 5.93. The molecule has 0 unspecified atom stereocenters. The lowest BCUT2D eigenvalue weighted by atomic mass is 10.1. The van der Waals surface area contributed by atoms with Crippen LogP contribution >= 0.6 is 0 Å². The van der Waals surface area contributed by atoms with Gasteiger partial charge in [-0.05, 0) is 48.4 Å². The van der Waals surface area contributed by atoms with E-state index in [1.54, 1.807) is 16.7 Å². The molecule has 4 heteroatoms. The number of aromatic nitrogens is 1. The van der Waals surface area contributed by atoms with E-state index in [1.165, 1.54) is 5.56 Å². The van der Waals surface area contributed by atoms with Gasteiger partial charge in [-0.15, -0.1) is 0 Å². The second-order valence-electron chi connectivity index (χ2n) is 5.90. The molecule has 0 saturated carbocycles. The van der Waals surface area contributed by atoms with Gasteiger partial charge in [-0.3, -0.25) is 0 Å². The minimum Gasteiger partial charge on any atom is -0.478 e. The maximum Gasteiger partial charge on any atom is 0.337 e. The van der Waals surface area contributed by atoms with Crippen LogP contribution < -0.4 is 5.32 Å². The highest BCUT2D eigenvalue weighted by atomic mass is 16.4. The van der Waals surface area contributed by atoms with E-state index in [0.717, 1.165) is 24.2 Å². The Morgan fingerprint density at radius 2 is 1.92 bits per heavy atom. The molecule has 1 aliphatic rings. The van der Waals surface area contributed by atoms with E-state index in [0.29, 0.717) is 11.3 Å². The Bertz CT molecular complexity index is 1010. The molecule has 2 aromatic carbocycles. The van der Waals surface area contributed by atoms with Crippen molar-refractivity contribution in [1.82, 2.24) is 4.57 Å². The van der Waals surface area contributed by atoms with Crippen molar-refractivity contribution in [1.29, 1.82) is 0 Å². The highest BCUT2D eigenvalue weighted by Gasteiger charge is 2.14. The Morgan fingerprint density at radius 1 is 1.08 bits per heavy atom. The average Bonchev–Trinajstić information content (AvgIpc) is 3.30. The van der Waals surface area contributed by atoms with Crippen LogP contribution in [0, 0.1) is 11.8 Å². The molecule has 0 spiro atoms. The first-order chi connectivity index (χ1) is 12.2. The molecule has 1 aliphatic heterocycles. The van der Waals surface area contributed by atoms with Crippen molar-refractivity contribution in [2.45, 2.75) is 6.42 Å². The van der Waals surface area contributed by atoms with Crippen LogP contribution in [0.2, 0.25) is 0 Å². The summed E-state index contributed by atoms with van der Waals surface area (Å²) in [4.78, 5) is 11.6. The zero-order valence-corrected chi connectivity index (χ0v) is 13.5. The van der Waals surface area contributed by atoms with Crippen LogP contribution in [0.25, 0.3) is 5.69 Å². The summed E-state index contributed by atoms with van der Waals surface area (Å²) in [6.07, 6.45) is 4.69. The molecule has 3 aromatic rings. The molecule has 1 aromatic heterocycles. The third-order valence-electron chi connectivity index (χ3n) is 4.29. The van der Waals surface area contributed by atoms with E-state index < -0.39 is 5.97 Å². The topological polar surface area (TPSA) is 54.3 Å². The van der Waals surface area contributed by atoms with Gasteiger partial charge in [0.1, 0.15) is 0 Å². The van der Waals surface area contributed by atoms with Gasteiger partial charge in [0.2, 0.25) is 0 Å².